The number of methoxy groups -OCH3 is 1. The van der Waals surface area contributed by atoms with Gasteiger partial charge in [-0.05, 0) is 56.5 Å². The van der Waals surface area contributed by atoms with Gasteiger partial charge < -0.3 is 10.1 Å². The van der Waals surface area contributed by atoms with E-state index in [1.54, 1.807) is 7.11 Å². The number of nitrogens with zero attached hydrogens (tertiary/aromatic N) is 1. The number of aryl methyl sites for hydroxylation is 2. The number of carbonyl (C=O) groups excluding carboxylic acids is 1. The number of benzene rings is 2. The summed E-state index contributed by atoms with van der Waals surface area (Å²) in [6.45, 7) is 6.01. The fraction of sp³-hybridized carbons (Fsp3) is 0.409. The van der Waals surface area contributed by atoms with Gasteiger partial charge in [-0.1, -0.05) is 24.3 Å². The van der Waals surface area contributed by atoms with Crippen LogP contribution in [0.4, 0.5) is 5.69 Å². The number of rotatable bonds is 9. The van der Waals surface area contributed by atoms with Crippen molar-refractivity contribution in [3.8, 4) is 5.75 Å². The van der Waals surface area contributed by atoms with Crippen LogP contribution < -0.4 is 14.4 Å². The van der Waals surface area contributed by atoms with Gasteiger partial charge in [-0.15, -0.1) is 0 Å². The van der Waals surface area contributed by atoms with Crippen molar-refractivity contribution >= 4 is 21.6 Å². The van der Waals surface area contributed by atoms with Crippen molar-refractivity contribution in [2.24, 2.45) is 0 Å². The molecule has 2 rings (SSSR count). The molecule has 6 nitrogen and oxygen atoms in total. The minimum atomic E-state index is -3.44. The average molecular weight is 419 g/mol. The standard InChI is InChI=1S/C22H30N2O4S/c1-16-13-17(2)15-19(14-16)24(29(5,26)27)12-8-11-22(25)23-18(3)20-9-6-7-10-21(20)28-4/h6-7,9-10,13-15,18H,8,11-12H2,1-5H3,(H,23,25). The largest absolute Gasteiger partial charge is 0.496 e. The van der Waals surface area contributed by atoms with Crippen molar-refractivity contribution in [3.05, 3.63) is 59.2 Å². The predicted octanol–water partition coefficient (Wildman–Crippen LogP) is 3.74. The van der Waals surface area contributed by atoms with Gasteiger partial charge >= 0.3 is 0 Å². The maximum Gasteiger partial charge on any atom is 0.232 e. The van der Waals surface area contributed by atoms with Crippen molar-refractivity contribution in [1.29, 1.82) is 0 Å². The first-order chi connectivity index (χ1) is 13.6. The van der Waals surface area contributed by atoms with Gasteiger partial charge in [-0.2, -0.15) is 0 Å². The van der Waals surface area contributed by atoms with Gasteiger partial charge in [-0.3, -0.25) is 9.10 Å². The number of hydrogen-bond acceptors (Lipinski definition) is 4. The van der Waals surface area contributed by atoms with Crippen LogP contribution in [0, 0.1) is 13.8 Å². The highest BCUT2D eigenvalue weighted by atomic mass is 32.2. The molecule has 1 unspecified atom stereocenters. The number of carbonyl (C=O) groups is 1. The molecule has 1 amide bonds. The van der Waals surface area contributed by atoms with Gasteiger partial charge in [0.05, 0.1) is 25.1 Å². The molecule has 1 atom stereocenters. The van der Waals surface area contributed by atoms with Crippen LogP contribution in [0.15, 0.2) is 42.5 Å². The van der Waals surface area contributed by atoms with Crippen LogP contribution >= 0.6 is 0 Å². The topological polar surface area (TPSA) is 75.7 Å². The maximum atomic E-state index is 12.4. The Hall–Kier alpha value is -2.54. The summed E-state index contributed by atoms with van der Waals surface area (Å²) in [5.74, 6) is 0.593. The van der Waals surface area contributed by atoms with Gasteiger partial charge in [0.25, 0.3) is 0 Å². The minimum Gasteiger partial charge on any atom is -0.496 e. The number of amides is 1. The second-order valence-corrected chi connectivity index (χ2v) is 9.22. The zero-order chi connectivity index (χ0) is 21.6. The lowest BCUT2D eigenvalue weighted by atomic mass is 10.1. The number of para-hydroxylation sites is 1. The molecule has 7 heteroatoms. The van der Waals surface area contributed by atoms with E-state index < -0.39 is 10.0 Å². The summed E-state index contributed by atoms with van der Waals surface area (Å²) >= 11 is 0. The summed E-state index contributed by atoms with van der Waals surface area (Å²) in [6.07, 6.45) is 1.84. The number of anilines is 1. The first-order valence-electron chi connectivity index (χ1n) is 9.60. The Morgan fingerprint density at radius 3 is 2.34 bits per heavy atom. The summed E-state index contributed by atoms with van der Waals surface area (Å²) in [6, 6.07) is 13.0. The lowest BCUT2D eigenvalue weighted by molar-refractivity contribution is -0.121. The van der Waals surface area contributed by atoms with E-state index in [9.17, 15) is 13.2 Å². The van der Waals surface area contributed by atoms with Crippen LogP contribution in [0.1, 0.15) is 42.5 Å². The van der Waals surface area contributed by atoms with Crippen molar-refractivity contribution in [2.45, 2.75) is 39.7 Å². The molecule has 0 aliphatic carbocycles. The van der Waals surface area contributed by atoms with Crippen molar-refractivity contribution in [3.63, 3.8) is 0 Å². The summed E-state index contributed by atoms with van der Waals surface area (Å²) in [7, 11) is -1.84. The molecule has 2 aromatic rings. The molecular formula is C22H30N2O4S. The molecule has 0 aromatic heterocycles. The fourth-order valence-corrected chi connectivity index (χ4v) is 4.33. The lowest BCUT2D eigenvalue weighted by Gasteiger charge is -2.23. The summed E-state index contributed by atoms with van der Waals surface area (Å²) in [4.78, 5) is 12.4. The summed E-state index contributed by atoms with van der Waals surface area (Å²) < 4.78 is 31.3. The van der Waals surface area contributed by atoms with Crippen LogP contribution in [0.25, 0.3) is 0 Å². The number of nitrogens with one attached hydrogen (secondary N) is 1. The third-order valence-corrected chi connectivity index (χ3v) is 5.84. The molecule has 0 heterocycles. The number of hydrogen-bond donors (Lipinski definition) is 1. The van der Waals surface area contributed by atoms with Gasteiger partial charge in [0.2, 0.25) is 15.9 Å². The monoisotopic (exact) mass is 418 g/mol. The van der Waals surface area contributed by atoms with E-state index in [-0.39, 0.29) is 24.9 Å². The molecule has 1 N–H and O–H groups in total. The normalized spacial score (nSPS) is 12.3. The SMILES string of the molecule is COc1ccccc1C(C)NC(=O)CCCN(c1cc(C)cc(C)c1)S(C)(=O)=O. The van der Waals surface area contributed by atoms with E-state index in [1.165, 1.54) is 10.6 Å². The Balaban J connectivity index is 1.99. The molecule has 0 spiro atoms. The predicted molar refractivity (Wildman–Crippen MR) is 117 cm³/mol. The van der Waals surface area contributed by atoms with Crippen LogP contribution in [-0.2, 0) is 14.8 Å². The Labute approximate surface area is 173 Å². The molecule has 0 saturated carbocycles. The Morgan fingerprint density at radius 1 is 1.14 bits per heavy atom. The summed E-state index contributed by atoms with van der Waals surface area (Å²) in [5.41, 5.74) is 3.53. The average Bonchev–Trinajstić information content (AvgIpc) is 2.63. The third kappa shape index (κ3) is 6.49. The highest BCUT2D eigenvalue weighted by molar-refractivity contribution is 7.92. The quantitative estimate of drug-likeness (QED) is 0.673. The molecular weight excluding hydrogens is 388 g/mol. The number of ether oxygens (including phenoxy) is 1. The molecule has 2 aromatic carbocycles. The van der Waals surface area contributed by atoms with Crippen LogP contribution in [-0.4, -0.2) is 34.2 Å². The van der Waals surface area contributed by atoms with E-state index >= 15 is 0 Å². The van der Waals surface area contributed by atoms with Crippen LogP contribution in [0.2, 0.25) is 0 Å². The molecule has 0 radical (unpaired) electrons. The molecule has 0 aliphatic rings. The smallest absolute Gasteiger partial charge is 0.232 e. The summed E-state index contributed by atoms with van der Waals surface area (Å²) in [5, 5.41) is 2.95. The molecule has 158 valence electrons. The van der Waals surface area contributed by atoms with E-state index in [4.69, 9.17) is 4.74 Å². The van der Waals surface area contributed by atoms with Gasteiger partial charge in [-0.25, -0.2) is 8.42 Å². The fourth-order valence-electron chi connectivity index (χ4n) is 3.38. The molecule has 0 fully saturated rings. The van der Waals surface area contributed by atoms with E-state index in [1.807, 2.05) is 63.2 Å². The molecule has 0 saturated heterocycles. The molecule has 0 bridgehead atoms. The minimum absolute atomic E-state index is 0.128. The third-order valence-electron chi connectivity index (χ3n) is 4.64. The highest BCUT2D eigenvalue weighted by Crippen LogP contribution is 2.25. The Bertz CT molecular complexity index is 937. The van der Waals surface area contributed by atoms with Crippen molar-refractivity contribution in [2.75, 3.05) is 24.2 Å². The van der Waals surface area contributed by atoms with Gasteiger partial charge in [0.15, 0.2) is 0 Å². The van der Waals surface area contributed by atoms with Crippen molar-refractivity contribution < 1.29 is 17.9 Å². The second kappa shape index (κ2) is 9.78. The van der Waals surface area contributed by atoms with E-state index in [0.29, 0.717) is 12.1 Å². The molecule has 0 aliphatic heterocycles. The van der Waals surface area contributed by atoms with Crippen molar-refractivity contribution in [1.82, 2.24) is 5.32 Å². The zero-order valence-electron chi connectivity index (χ0n) is 17.7. The van der Waals surface area contributed by atoms with Crippen LogP contribution in [0.3, 0.4) is 0 Å². The number of sulfonamides is 1. The first-order valence-corrected chi connectivity index (χ1v) is 11.4. The van der Waals surface area contributed by atoms with Gasteiger partial charge in [0, 0.05) is 18.5 Å². The zero-order valence-corrected chi connectivity index (χ0v) is 18.5. The Morgan fingerprint density at radius 2 is 1.76 bits per heavy atom. The van der Waals surface area contributed by atoms with Gasteiger partial charge in [0.1, 0.15) is 5.75 Å². The van der Waals surface area contributed by atoms with E-state index in [0.717, 1.165) is 22.4 Å². The maximum absolute atomic E-state index is 12.4. The molecule has 29 heavy (non-hydrogen) atoms. The highest BCUT2D eigenvalue weighted by Gasteiger charge is 2.19. The van der Waals surface area contributed by atoms with Crippen LogP contribution in [0.5, 0.6) is 5.75 Å². The van der Waals surface area contributed by atoms with E-state index in [2.05, 4.69) is 5.32 Å². The Kier molecular flexibility index (Phi) is 7.67. The lowest BCUT2D eigenvalue weighted by Crippen LogP contribution is -2.32. The first kappa shape index (κ1) is 22.7. The second-order valence-electron chi connectivity index (χ2n) is 7.32.